The van der Waals surface area contributed by atoms with Crippen LogP contribution < -0.4 is 20.2 Å². The Morgan fingerprint density at radius 3 is 2.39 bits per heavy atom. The molecule has 0 aromatic heterocycles. The number of carbonyl (C=O) groups excluding carboxylic acids is 2. The quantitative estimate of drug-likeness (QED) is 0.214. The van der Waals surface area contributed by atoms with E-state index in [0.717, 1.165) is 11.1 Å². The van der Waals surface area contributed by atoms with E-state index in [1.807, 2.05) is 57.2 Å². The molecular weight excluding hydrogens is 525 g/mol. The van der Waals surface area contributed by atoms with Gasteiger partial charge in [0.2, 0.25) is 0 Å². The highest BCUT2D eigenvalue weighted by Crippen LogP contribution is 2.24. The van der Waals surface area contributed by atoms with Crippen LogP contribution in [-0.4, -0.2) is 30.7 Å². The van der Waals surface area contributed by atoms with Crippen LogP contribution in [0.3, 0.4) is 0 Å². The Hall–Kier alpha value is -3.55. The maximum Gasteiger partial charge on any atom is 0.262 e. The molecule has 0 saturated carbocycles. The highest BCUT2D eigenvalue weighted by molar-refractivity contribution is 6.35. The number of nitrogens with zero attached hydrogens (tertiary/aromatic N) is 1. The van der Waals surface area contributed by atoms with Gasteiger partial charge in [0.1, 0.15) is 24.1 Å². The molecule has 0 bridgehead atoms. The van der Waals surface area contributed by atoms with Crippen molar-refractivity contribution in [3.05, 3.63) is 93.5 Å². The minimum absolute atomic E-state index is 0.168. The largest absolute Gasteiger partial charge is 0.488 e. The van der Waals surface area contributed by atoms with Crippen LogP contribution in [-0.2, 0) is 16.2 Å². The van der Waals surface area contributed by atoms with E-state index in [1.165, 1.54) is 6.21 Å². The molecule has 200 valence electrons. The van der Waals surface area contributed by atoms with E-state index in [1.54, 1.807) is 30.3 Å². The summed E-state index contributed by atoms with van der Waals surface area (Å²) in [5.41, 5.74) is 4.90. The van der Waals surface area contributed by atoms with E-state index in [0.29, 0.717) is 33.5 Å². The second-order valence-electron chi connectivity index (χ2n) is 9.10. The first kappa shape index (κ1) is 29.0. The number of aryl methyl sites for hydroxylation is 1. The molecule has 0 aliphatic rings. The monoisotopic (exact) mass is 555 g/mol. The molecule has 38 heavy (non-hydrogen) atoms. The van der Waals surface area contributed by atoms with Crippen LogP contribution in [0.5, 0.6) is 11.5 Å². The summed E-state index contributed by atoms with van der Waals surface area (Å²) in [6.07, 6.45) is 1.94. The molecule has 3 aromatic rings. The van der Waals surface area contributed by atoms with Gasteiger partial charge in [0.25, 0.3) is 11.8 Å². The van der Waals surface area contributed by atoms with Crippen LogP contribution in [0.2, 0.25) is 10.0 Å². The van der Waals surface area contributed by atoms with Crippen molar-refractivity contribution >= 4 is 41.2 Å². The first-order valence-corrected chi connectivity index (χ1v) is 12.9. The number of amides is 2. The van der Waals surface area contributed by atoms with Crippen LogP contribution in [0.1, 0.15) is 37.0 Å². The number of rotatable bonds is 12. The van der Waals surface area contributed by atoms with Gasteiger partial charge in [0.15, 0.2) is 6.61 Å². The van der Waals surface area contributed by atoms with Gasteiger partial charge in [-0.05, 0) is 55.2 Å². The highest BCUT2D eigenvalue weighted by atomic mass is 35.5. The lowest BCUT2D eigenvalue weighted by molar-refractivity contribution is -0.130. The zero-order valence-corrected chi connectivity index (χ0v) is 23.1. The molecule has 0 aliphatic carbocycles. The molecule has 0 aliphatic heterocycles. The number of hydrogen-bond acceptors (Lipinski definition) is 5. The molecule has 0 unspecified atom stereocenters. The summed E-state index contributed by atoms with van der Waals surface area (Å²) in [7, 11) is 0. The van der Waals surface area contributed by atoms with Crippen molar-refractivity contribution in [2.24, 2.45) is 11.0 Å². The molecule has 2 amide bonds. The maximum atomic E-state index is 12.9. The molecule has 1 atom stereocenters. The third-order valence-electron chi connectivity index (χ3n) is 5.51. The summed E-state index contributed by atoms with van der Waals surface area (Å²) in [5.74, 6) is 0.539. The molecule has 0 fully saturated rings. The van der Waals surface area contributed by atoms with Crippen molar-refractivity contribution in [3.8, 4) is 11.5 Å². The second-order valence-corrected chi connectivity index (χ2v) is 9.94. The third kappa shape index (κ3) is 9.08. The second kappa shape index (κ2) is 14.4. The summed E-state index contributed by atoms with van der Waals surface area (Å²) in [5, 5.41) is 7.91. The Morgan fingerprint density at radius 1 is 0.974 bits per heavy atom. The minimum Gasteiger partial charge on any atom is -0.488 e. The lowest BCUT2D eigenvalue weighted by Crippen LogP contribution is -2.47. The van der Waals surface area contributed by atoms with Crippen LogP contribution >= 0.6 is 23.2 Å². The molecule has 9 heteroatoms. The van der Waals surface area contributed by atoms with Gasteiger partial charge >= 0.3 is 0 Å². The molecule has 0 heterocycles. The Morgan fingerprint density at radius 2 is 1.68 bits per heavy atom. The number of para-hydroxylation sites is 2. The first-order valence-electron chi connectivity index (χ1n) is 12.2. The molecule has 0 radical (unpaired) electrons. The van der Waals surface area contributed by atoms with Crippen molar-refractivity contribution < 1.29 is 19.1 Å². The van der Waals surface area contributed by atoms with Gasteiger partial charge in [-0.3, -0.25) is 9.59 Å². The van der Waals surface area contributed by atoms with Crippen molar-refractivity contribution in [2.75, 3.05) is 6.61 Å². The van der Waals surface area contributed by atoms with Gasteiger partial charge < -0.3 is 14.8 Å². The van der Waals surface area contributed by atoms with E-state index in [2.05, 4.69) is 15.8 Å². The summed E-state index contributed by atoms with van der Waals surface area (Å²) >= 11 is 12.2. The molecular formula is C29H31Cl2N3O4. The van der Waals surface area contributed by atoms with Gasteiger partial charge in [-0.25, -0.2) is 5.43 Å². The van der Waals surface area contributed by atoms with E-state index in [4.69, 9.17) is 32.7 Å². The van der Waals surface area contributed by atoms with E-state index in [9.17, 15) is 9.59 Å². The summed E-state index contributed by atoms with van der Waals surface area (Å²) in [6.45, 7) is 5.88. The van der Waals surface area contributed by atoms with Crippen LogP contribution in [0.25, 0.3) is 0 Å². The van der Waals surface area contributed by atoms with Crippen molar-refractivity contribution in [3.63, 3.8) is 0 Å². The standard InChI is InChI=1S/C29H31Cl2N3O4/c1-19(2)14-25(33-28(35)18-38-26-10-6-4-8-20(26)3)29(36)34-32-16-21-9-5-7-11-27(21)37-17-22-12-13-23(30)15-24(22)31/h4-13,15-16,19,25H,14,17-18H2,1-3H3,(H,33,35)(H,34,36)/b32-16-/t25-/m1/s1. The normalized spacial score (nSPS) is 11.8. The lowest BCUT2D eigenvalue weighted by Gasteiger charge is -2.19. The first-order chi connectivity index (χ1) is 18.2. The fraction of sp³-hybridized carbons (Fsp3) is 0.276. The Labute approximate surface area is 233 Å². The molecule has 3 rings (SSSR count). The molecule has 0 spiro atoms. The average molecular weight is 556 g/mol. The number of hydrogen-bond donors (Lipinski definition) is 2. The zero-order chi connectivity index (χ0) is 27.5. The predicted molar refractivity (Wildman–Crippen MR) is 151 cm³/mol. The van der Waals surface area contributed by atoms with Gasteiger partial charge in [-0.1, -0.05) is 73.4 Å². The Kier molecular flexibility index (Phi) is 11.0. The molecule has 7 nitrogen and oxygen atoms in total. The number of halogens is 2. The lowest BCUT2D eigenvalue weighted by atomic mass is 10.0. The topological polar surface area (TPSA) is 89.0 Å². The van der Waals surface area contributed by atoms with Crippen molar-refractivity contribution in [1.82, 2.24) is 10.7 Å². The fourth-order valence-electron chi connectivity index (χ4n) is 3.56. The number of ether oxygens (including phenoxy) is 2. The summed E-state index contributed by atoms with van der Waals surface area (Å²) in [6, 6.07) is 19.1. The number of nitrogens with one attached hydrogen (secondary N) is 2. The van der Waals surface area contributed by atoms with E-state index in [-0.39, 0.29) is 19.1 Å². The number of carbonyl (C=O) groups is 2. The minimum atomic E-state index is -0.765. The Balaban J connectivity index is 1.58. The number of benzene rings is 3. The van der Waals surface area contributed by atoms with E-state index < -0.39 is 17.9 Å². The zero-order valence-electron chi connectivity index (χ0n) is 21.5. The van der Waals surface area contributed by atoms with E-state index >= 15 is 0 Å². The molecule has 2 N–H and O–H groups in total. The molecule has 0 saturated heterocycles. The smallest absolute Gasteiger partial charge is 0.262 e. The third-order valence-corrected chi connectivity index (χ3v) is 6.09. The van der Waals surface area contributed by atoms with Gasteiger partial charge in [-0.15, -0.1) is 0 Å². The maximum absolute atomic E-state index is 12.9. The van der Waals surface area contributed by atoms with Gasteiger partial charge in [-0.2, -0.15) is 5.10 Å². The predicted octanol–water partition coefficient (Wildman–Crippen LogP) is 5.94. The van der Waals surface area contributed by atoms with Crippen LogP contribution in [0, 0.1) is 12.8 Å². The van der Waals surface area contributed by atoms with Crippen LogP contribution in [0.4, 0.5) is 0 Å². The highest BCUT2D eigenvalue weighted by Gasteiger charge is 2.22. The molecule has 3 aromatic carbocycles. The summed E-state index contributed by atoms with van der Waals surface area (Å²) in [4.78, 5) is 25.4. The van der Waals surface area contributed by atoms with Gasteiger partial charge in [0, 0.05) is 21.2 Å². The Bertz CT molecular complexity index is 1280. The SMILES string of the molecule is Cc1ccccc1OCC(=O)N[C@H](CC(C)C)C(=O)N/N=C\c1ccccc1OCc1ccc(Cl)cc1Cl. The summed E-state index contributed by atoms with van der Waals surface area (Å²) < 4.78 is 11.5. The van der Waals surface area contributed by atoms with Crippen molar-refractivity contribution in [2.45, 2.75) is 39.8 Å². The number of hydrazone groups is 1. The fourth-order valence-corrected chi connectivity index (χ4v) is 4.02. The van der Waals surface area contributed by atoms with Crippen LogP contribution in [0.15, 0.2) is 71.8 Å². The average Bonchev–Trinajstić information content (AvgIpc) is 2.87. The van der Waals surface area contributed by atoms with Gasteiger partial charge in [0.05, 0.1) is 6.21 Å². The van der Waals surface area contributed by atoms with Crippen molar-refractivity contribution in [1.29, 1.82) is 0 Å².